The molecule has 1 N–H and O–H groups in total. The lowest BCUT2D eigenvalue weighted by atomic mass is 9.71. The first-order valence-corrected chi connectivity index (χ1v) is 5.40. The fourth-order valence-electron chi connectivity index (χ4n) is 1.85. The molecule has 0 atom stereocenters. The third-order valence-electron chi connectivity index (χ3n) is 3.17. The van der Waals surface area contributed by atoms with Gasteiger partial charge in [0.25, 0.3) is 0 Å². The maximum Gasteiger partial charge on any atom is 0.127 e. The molecule has 3 nitrogen and oxygen atoms in total. The molecule has 3 heteroatoms. The van der Waals surface area contributed by atoms with E-state index in [1.165, 1.54) is 19.3 Å². The number of ether oxygens (including phenoxy) is 1. The van der Waals surface area contributed by atoms with Gasteiger partial charge in [-0.25, -0.2) is 0 Å². The first-order valence-electron chi connectivity index (χ1n) is 5.40. The minimum absolute atomic E-state index is 0.0140. The summed E-state index contributed by atoms with van der Waals surface area (Å²) in [5.41, 5.74) is 1.11. The van der Waals surface area contributed by atoms with Gasteiger partial charge in [-0.15, -0.1) is 0 Å². The van der Waals surface area contributed by atoms with Gasteiger partial charge in [-0.05, 0) is 18.9 Å². The first-order chi connectivity index (χ1) is 7.23. The Hall–Kier alpha value is -1.09. The molecule has 0 aliphatic heterocycles. The van der Waals surface area contributed by atoms with Gasteiger partial charge < -0.3 is 9.84 Å². The number of aliphatic hydroxyl groups is 1. The van der Waals surface area contributed by atoms with Crippen molar-refractivity contribution in [3.8, 4) is 5.75 Å². The summed E-state index contributed by atoms with van der Waals surface area (Å²) in [7, 11) is 0. The Bertz CT molecular complexity index is 334. The summed E-state index contributed by atoms with van der Waals surface area (Å²) >= 11 is 0. The predicted molar refractivity (Wildman–Crippen MR) is 57.6 cm³/mol. The molecule has 1 fully saturated rings. The Morgan fingerprint density at radius 3 is 2.93 bits per heavy atom. The monoisotopic (exact) mass is 207 g/mol. The zero-order valence-electron chi connectivity index (χ0n) is 9.07. The van der Waals surface area contributed by atoms with Crippen LogP contribution in [-0.2, 0) is 6.61 Å². The lowest BCUT2D eigenvalue weighted by molar-refractivity contribution is 0.0761. The highest BCUT2D eigenvalue weighted by Gasteiger charge is 2.32. The summed E-state index contributed by atoms with van der Waals surface area (Å²) in [5.74, 6) is 0.764. The molecule has 1 heterocycles. The van der Waals surface area contributed by atoms with Crippen LogP contribution in [0.15, 0.2) is 18.5 Å². The van der Waals surface area contributed by atoms with Gasteiger partial charge in [0, 0.05) is 23.4 Å². The Labute approximate surface area is 90.1 Å². The lowest BCUT2D eigenvalue weighted by Gasteiger charge is -2.37. The summed E-state index contributed by atoms with van der Waals surface area (Å²) in [6.07, 6.45) is 7.14. The Morgan fingerprint density at radius 2 is 2.33 bits per heavy atom. The van der Waals surface area contributed by atoms with Crippen LogP contribution in [0, 0.1) is 5.41 Å². The Kier molecular flexibility index (Phi) is 2.91. The van der Waals surface area contributed by atoms with Gasteiger partial charge in [0.2, 0.25) is 0 Å². The third-order valence-corrected chi connectivity index (χ3v) is 3.17. The third kappa shape index (κ3) is 2.29. The van der Waals surface area contributed by atoms with Crippen LogP contribution in [0.4, 0.5) is 0 Å². The smallest absolute Gasteiger partial charge is 0.127 e. The van der Waals surface area contributed by atoms with E-state index in [1.54, 1.807) is 12.4 Å². The van der Waals surface area contributed by atoms with E-state index in [4.69, 9.17) is 9.84 Å². The number of pyridine rings is 1. The van der Waals surface area contributed by atoms with Crippen LogP contribution >= 0.6 is 0 Å². The van der Waals surface area contributed by atoms with Gasteiger partial charge in [0.15, 0.2) is 0 Å². The Morgan fingerprint density at radius 1 is 1.53 bits per heavy atom. The minimum Gasteiger partial charge on any atom is -0.493 e. The molecule has 0 amide bonds. The second kappa shape index (κ2) is 4.19. The molecule has 0 saturated heterocycles. The topological polar surface area (TPSA) is 42.4 Å². The normalized spacial score (nSPS) is 18.3. The molecule has 82 valence electrons. The van der Waals surface area contributed by atoms with Crippen molar-refractivity contribution in [1.29, 1.82) is 0 Å². The number of aliphatic hydroxyl groups excluding tert-OH is 1. The molecular weight excluding hydrogens is 190 g/mol. The van der Waals surface area contributed by atoms with Gasteiger partial charge in [0.05, 0.1) is 13.2 Å². The molecule has 2 rings (SSSR count). The van der Waals surface area contributed by atoms with Crippen molar-refractivity contribution in [3.05, 3.63) is 24.0 Å². The van der Waals surface area contributed by atoms with Crippen LogP contribution in [0.3, 0.4) is 0 Å². The number of hydrogen-bond donors (Lipinski definition) is 1. The van der Waals surface area contributed by atoms with Crippen LogP contribution in [-0.4, -0.2) is 16.7 Å². The predicted octanol–water partition coefficient (Wildman–Crippen LogP) is 2.14. The second-order valence-electron chi connectivity index (χ2n) is 4.59. The number of rotatable bonds is 4. The SMILES string of the molecule is CC1(COc2ccncc2CO)CCC1. The summed E-state index contributed by atoms with van der Waals surface area (Å²) in [5, 5.41) is 9.10. The van der Waals surface area contributed by atoms with E-state index in [-0.39, 0.29) is 6.61 Å². The van der Waals surface area contributed by atoms with Crippen molar-refractivity contribution in [1.82, 2.24) is 4.98 Å². The van der Waals surface area contributed by atoms with E-state index in [1.807, 2.05) is 6.07 Å². The number of nitrogens with zero attached hydrogens (tertiary/aromatic N) is 1. The number of aromatic nitrogens is 1. The van der Waals surface area contributed by atoms with Crippen LogP contribution in [0.2, 0.25) is 0 Å². The maximum absolute atomic E-state index is 9.10. The molecule has 15 heavy (non-hydrogen) atoms. The van der Waals surface area contributed by atoms with Gasteiger partial charge in [-0.1, -0.05) is 13.3 Å². The largest absolute Gasteiger partial charge is 0.493 e. The molecule has 0 spiro atoms. The summed E-state index contributed by atoms with van der Waals surface area (Å²) in [4.78, 5) is 3.95. The van der Waals surface area contributed by atoms with E-state index >= 15 is 0 Å². The van der Waals surface area contributed by atoms with Crippen molar-refractivity contribution >= 4 is 0 Å². The van der Waals surface area contributed by atoms with E-state index < -0.39 is 0 Å². The van der Waals surface area contributed by atoms with E-state index in [0.29, 0.717) is 5.41 Å². The van der Waals surface area contributed by atoms with E-state index in [2.05, 4.69) is 11.9 Å². The molecule has 1 aromatic rings. The Balaban J connectivity index is 1.98. The minimum atomic E-state index is -0.0140. The molecule has 0 radical (unpaired) electrons. The fourth-order valence-corrected chi connectivity index (χ4v) is 1.85. The highest BCUT2D eigenvalue weighted by atomic mass is 16.5. The molecule has 0 unspecified atom stereocenters. The van der Waals surface area contributed by atoms with Gasteiger partial charge >= 0.3 is 0 Å². The standard InChI is InChI=1S/C12H17NO2/c1-12(4-2-5-12)9-15-11-3-6-13-7-10(11)8-14/h3,6-7,14H,2,4-5,8-9H2,1H3. The van der Waals surface area contributed by atoms with Crippen molar-refractivity contribution in [2.75, 3.05) is 6.61 Å². The molecule has 1 aromatic heterocycles. The van der Waals surface area contributed by atoms with E-state index in [0.717, 1.165) is 17.9 Å². The van der Waals surface area contributed by atoms with Crippen molar-refractivity contribution in [2.45, 2.75) is 32.8 Å². The summed E-state index contributed by atoms with van der Waals surface area (Å²) in [6, 6.07) is 1.81. The van der Waals surface area contributed by atoms with Gasteiger partial charge in [-0.2, -0.15) is 0 Å². The van der Waals surface area contributed by atoms with E-state index in [9.17, 15) is 0 Å². The number of hydrogen-bond acceptors (Lipinski definition) is 3. The zero-order chi connectivity index (χ0) is 10.7. The molecule has 1 aliphatic carbocycles. The first kappa shape index (κ1) is 10.4. The van der Waals surface area contributed by atoms with Crippen LogP contribution in [0.1, 0.15) is 31.7 Å². The molecule has 0 bridgehead atoms. The van der Waals surface area contributed by atoms with Crippen LogP contribution in [0.5, 0.6) is 5.75 Å². The van der Waals surface area contributed by atoms with Gasteiger partial charge in [0.1, 0.15) is 5.75 Å². The quantitative estimate of drug-likeness (QED) is 0.822. The summed E-state index contributed by atoms with van der Waals surface area (Å²) < 4.78 is 5.73. The fraction of sp³-hybridized carbons (Fsp3) is 0.583. The van der Waals surface area contributed by atoms with Crippen LogP contribution < -0.4 is 4.74 Å². The van der Waals surface area contributed by atoms with Crippen molar-refractivity contribution in [3.63, 3.8) is 0 Å². The molecule has 1 aliphatic rings. The summed E-state index contributed by atoms with van der Waals surface area (Å²) in [6.45, 7) is 2.97. The average molecular weight is 207 g/mol. The highest BCUT2D eigenvalue weighted by molar-refractivity contribution is 5.29. The maximum atomic E-state index is 9.10. The molecule has 0 aromatic carbocycles. The second-order valence-corrected chi connectivity index (χ2v) is 4.59. The zero-order valence-corrected chi connectivity index (χ0v) is 9.07. The lowest BCUT2D eigenvalue weighted by Crippen LogP contribution is -2.32. The van der Waals surface area contributed by atoms with Crippen molar-refractivity contribution in [2.24, 2.45) is 5.41 Å². The molecular formula is C12H17NO2. The molecule has 1 saturated carbocycles. The average Bonchev–Trinajstić information content (AvgIpc) is 2.24. The van der Waals surface area contributed by atoms with Gasteiger partial charge in [-0.3, -0.25) is 4.98 Å². The highest BCUT2D eigenvalue weighted by Crippen LogP contribution is 2.40. The van der Waals surface area contributed by atoms with Crippen LogP contribution in [0.25, 0.3) is 0 Å². The van der Waals surface area contributed by atoms with Crippen molar-refractivity contribution < 1.29 is 9.84 Å².